The molecule has 0 saturated carbocycles. The van der Waals surface area contributed by atoms with Crippen LogP contribution in [0.25, 0.3) is 0 Å². The molecule has 1 nitrogen and oxygen atoms in total. The van der Waals surface area contributed by atoms with Crippen molar-refractivity contribution in [1.29, 1.82) is 0 Å². The third-order valence-electron chi connectivity index (χ3n) is 2.93. The lowest BCUT2D eigenvalue weighted by Gasteiger charge is -2.14. The minimum atomic E-state index is -0.139. The van der Waals surface area contributed by atoms with E-state index in [2.05, 4.69) is 32.7 Å². The molecule has 1 heterocycles. The predicted molar refractivity (Wildman–Crippen MR) is 78.4 cm³/mol. The first-order chi connectivity index (χ1) is 8.56. The van der Waals surface area contributed by atoms with Gasteiger partial charge in [0.15, 0.2) is 0 Å². The Kier molecular flexibility index (Phi) is 4.54. The molecule has 1 aromatic heterocycles. The molecule has 0 aliphatic rings. The van der Waals surface area contributed by atoms with E-state index in [-0.39, 0.29) is 11.9 Å². The first kappa shape index (κ1) is 13.7. The second kappa shape index (κ2) is 5.95. The molecule has 0 aliphatic carbocycles. The number of rotatable bonds is 4. The summed E-state index contributed by atoms with van der Waals surface area (Å²) in [4.78, 5) is 0. The summed E-state index contributed by atoms with van der Waals surface area (Å²) in [5.74, 6) is -0.139. The van der Waals surface area contributed by atoms with E-state index in [0.717, 1.165) is 15.9 Å². The zero-order valence-electron chi connectivity index (χ0n) is 10.3. The molecule has 0 amide bonds. The maximum absolute atomic E-state index is 13.5. The summed E-state index contributed by atoms with van der Waals surface area (Å²) in [5.41, 5.74) is 2.91. The van der Waals surface area contributed by atoms with Gasteiger partial charge in [0.2, 0.25) is 0 Å². The fourth-order valence-electron chi connectivity index (χ4n) is 1.71. The molecule has 0 saturated heterocycles. The Bertz CT molecular complexity index is 538. The Morgan fingerprint density at radius 3 is 2.78 bits per heavy atom. The Balaban J connectivity index is 1.99. The number of halogens is 2. The third kappa shape index (κ3) is 3.40. The highest BCUT2D eigenvalue weighted by atomic mass is 79.9. The third-order valence-corrected chi connectivity index (χ3v) is 4.48. The molecule has 1 unspecified atom stereocenters. The van der Waals surface area contributed by atoms with Crippen molar-refractivity contribution >= 4 is 27.3 Å². The molecular weight excluding hydrogens is 313 g/mol. The second-order valence-corrected chi connectivity index (χ2v) is 6.66. The van der Waals surface area contributed by atoms with Crippen LogP contribution < -0.4 is 5.32 Å². The van der Waals surface area contributed by atoms with Crippen LogP contribution in [0.1, 0.15) is 29.7 Å². The second-order valence-electron chi connectivity index (χ2n) is 4.37. The van der Waals surface area contributed by atoms with Crippen molar-refractivity contribution in [2.75, 3.05) is 0 Å². The number of benzene rings is 1. The van der Waals surface area contributed by atoms with Crippen molar-refractivity contribution in [2.45, 2.75) is 26.4 Å². The molecular formula is C14H15BrFNS. The van der Waals surface area contributed by atoms with Gasteiger partial charge < -0.3 is 5.32 Å². The van der Waals surface area contributed by atoms with E-state index in [0.29, 0.717) is 5.56 Å². The van der Waals surface area contributed by atoms with E-state index in [9.17, 15) is 4.39 Å². The number of thiophene rings is 1. The smallest absolute Gasteiger partial charge is 0.126 e. The number of aryl methyl sites for hydroxylation is 1. The lowest BCUT2D eigenvalue weighted by molar-refractivity contribution is 0.563. The van der Waals surface area contributed by atoms with Crippen molar-refractivity contribution in [3.05, 3.63) is 55.9 Å². The van der Waals surface area contributed by atoms with Gasteiger partial charge in [-0.1, -0.05) is 12.1 Å². The molecule has 0 spiro atoms. The maximum Gasteiger partial charge on any atom is 0.126 e. The van der Waals surface area contributed by atoms with Crippen LogP contribution in [0.4, 0.5) is 4.39 Å². The van der Waals surface area contributed by atoms with Crippen LogP contribution in [0.2, 0.25) is 0 Å². The minimum absolute atomic E-state index is 0.138. The van der Waals surface area contributed by atoms with Crippen molar-refractivity contribution in [2.24, 2.45) is 0 Å². The summed E-state index contributed by atoms with van der Waals surface area (Å²) in [5, 5.41) is 5.51. The van der Waals surface area contributed by atoms with Gasteiger partial charge in [-0.3, -0.25) is 0 Å². The van der Waals surface area contributed by atoms with Gasteiger partial charge in [-0.15, -0.1) is 11.3 Å². The van der Waals surface area contributed by atoms with Gasteiger partial charge in [0, 0.05) is 12.6 Å². The van der Waals surface area contributed by atoms with Gasteiger partial charge in [-0.2, -0.15) is 0 Å². The van der Waals surface area contributed by atoms with Crippen LogP contribution >= 0.6 is 27.3 Å². The van der Waals surface area contributed by atoms with E-state index in [1.807, 2.05) is 19.1 Å². The van der Waals surface area contributed by atoms with Gasteiger partial charge in [-0.05, 0) is 64.0 Å². The highest BCUT2D eigenvalue weighted by Crippen LogP contribution is 2.22. The van der Waals surface area contributed by atoms with E-state index in [4.69, 9.17) is 0 Å². The van der Waals surface area contributed by atoms with E-state index >= 15 is 0 Å². The van der Waals surface area contributed by atoms with Gasteiger partial charge in [0.25, 0.3) is 0 Å². The van der Waals surface area contributed by atoms with Crippen molar-refractivity contribution in [3.63, 3.8) is 0 Å². The topological polar surface area (TPSA) is 12.0 Å². The molecule has 96 valence electrons. The van der Waals surface area contributed by atoms with Crippen LogP contribution in [0.3, 0.4) is 0 Å². The summed E-state index contributed by atoms with van der Waals surface area (Å²) in [6.45, 7) is 4.62. The lowest BCUT2D eigenvalue weighted by Crippen LogP contribution is -2.17. The predicted octanol–water partition coefficient (Wildman–Crippen LogP) is 4.81. The van der Waals surface area contributed by atoms with E-state index in [1.165, 1.54) is 5.56 Å². The molecule has 0 radical (unpaired) electrons. The van der Waals surface area contributed by atoms with Crippen LogP contribution in [-0.2, 0) is 6.54 Å². The first-order valence-electron chi connectivity index (χ1n) is 5.78. The molecule has 4 heteroatoms. The molecule has 0 fully saturated rings. The summed E-state index contributed by atoms with van der Waals surface area (Å²) in [7, 11) is 0. The number of nitrogens with one attached hydrogen (secondary N) is 1. The fraction of sp³-hybridized carbons (Fsp3) is 0.286. The Morgan fingerprint density at radius 2 is 2.17 bits per heavy atom. The quantitative estimate of drug-likeness (QED) is 0.849. The zero-order chi connectivity index (χ0) is 13.1. The molecule has 2 rings (SSSR count). The Labute approximate surface area is 119 Å². The van der Waals surface area contributed by atoms with Gasteiger partial charge in [0.1, 0.15) is 5.82 Å². The largest absolute Gasteiger partial charge is 0.306 e. The molecule has 18 heavy (non-hydrogen) atoms. The normalized spacial score (nSPS) is 12.7. The highest BCUT2D eigenvalue weighted by Gasteiger charge is 2.07. The summed E-state index contributed by atoms with van der Waals surface area (Å²) in [6, 6.07) is 7.64. The van der Waals surface area contributed by atoms with Gasteiger partial charge in [-0.25, -0.2) is 4.39 Å². The molecule has 1 aromatic carbocycles. The first-order valence-corrected chi connectivity index (χ1v) is 7.46. The highest BCUT2D eigenvalue weighted by molar-refractivity contribution is 9.11. The lowest BCUT2D eigenvalue weighted by atomic mass is 10.1. The summed E-state index contributed by atoms with van der Waals surface area (Å²) >= 11 is 5.12. The van der Waals surface area contributed by atoms with Gasteiger partial charge >= 0.3 is 0 Å². The van der Waals surface area contributed by atoms with Crippen molar-refractivity contribution < 1.29 is 4.39 Å². The summed E-state index contributed by atoms with van der Waals surface area (Å²) < 4.78 is 14.6. The van der Waals surface area contributed by atoms with Crippen LogP contribution in [-0.4, -0.2) is 0 Å². The van der Waals surface area contributed by atoms with Crippen molar-refractivity contribution in [3.8, 4) is 0 Å². The number of hydrogen-bond acceptors (Lipinski definition) is 2. The van der Waals surface area contributed by atoms with Crippen LogP contribution in [0.15, 0.2) is 33.4 Å². The Morgan fingerprint density at radius 1 is 1.39 bits per heavy atom. The van der Waals surface area contributed by atoms with Crippen LogP contribution in [0.5, 0.6) is 0 Å². The molecule has 0 bridgehead atoms. The average molecular weight is 328 g/mol. The number of hydrogen-bond donors (Lipinski definition) is 1. The van der Waals surface area contributed by atoms with Crippen LogP contribution in [0, 0.1) is 12.7 Å². The minimum Gasteiger partial charge on any atom is -0.306 e. The van der Waals surface area contributed by atoms with Gasteiger partial charge in [0.05, 0.1) is 3.79 Å². The maximum atomic E-state index is 13.5. The van der Waals surface area contributed by atoms with E-state index in [1.54, 1.807) is 24.3 Å². The zero-order valence-corrected chi connectivity index (χ0v) is 12.7. The monoisotopic (exact) mass is 327 g/mol. The summed E-state index contributed by atoms with van der Waals surface area (Å²) in [6.07, 6.45) is 0. The standard InChI is InChI=1S/C14H15BrFNS/c1-9-3-4-12(6-13(9)16)10(2)17-7-11-5-14(15)18-8-11/h3-6,8,10,17H,7H2,1-2H3. The Hall–Kier alpha value is -0.710. The molecule has 0 aliphatic heterocycles. The SMILES string of the molecule is Cc1ccc(C(C)NCc2csc(Br)c2)cc1F. The average Bonchev–Trinajstić information content (AvgIpc) is 2.75. The molecule has 1 N–H and O–H groups in total. The fourth-order valence-corrected chi connectivity index (χ4v) is 2.91. The van der Waals surface area contributed by atoms with Crippen molar-refractivity contribution in [1.82, 2.24) is 5.32 Å². The molecule has 2 aromatic rings. The van der Waals surface area contributed by atoms with E-state index < -0.39 is 0 Å². The molecule has 1 atom stereocenters.